The first-order valence-electron chi connectivity index (χ1n) is 13.6. The number of hydrogen-bond acceptors (Lipinski definition) is 5. The fraction of sp³-hybridized carbons (Fsp3) is 0.323. The second-order valence-corrected chi connectivity index (χ2v) is 12.4. The lowest BCUT2D eigenvalue weighted by atomic mass is 9.92. The number of aryl methyl sites for hydroxylation is 1. The number of benzene rings is 2. The summed E-state index contributed by atoms with van der Waals surface area (Å²) >= 11 is 19.9. The minimum absolute atomic E-state index is 0.0696. The van der Waals surface area contributed by atoms with Gasteiger partial charge in [-0.1, -0.05) is 58.7 Å². The van der Waals surface area contributed by atoms with Crippen molar-refractivity contribution in [1.29, 1.82) is 0 Å². The highest BCUT2D eigenvalue weighted by atomic mass is 35.5. The zero-order valence-corrected chi connectivity index (χ0v) is 24.3. The van der Waals surface area contributed by atoms with Crippen LogP contribution in [0.1, 0.15) is 81.6 Å². The Bertz CT molecular complexity index is 1750. The van der Waals surface area contributed by atoms with Crippen LogP contribution in [0.3, 0.4) is 0 Å². The molecule has 7 nitrogen and oxygen atoms in total. The van der Waals surface area contributed by atoms with E-state index in [2.05, 4.69) is 10.3 Å². The van der Waals surface area contributed by atoms with Crippen molar-refractivity contribution in [2.75, 3.05) is 0 Å². The molecule has 4 atom stereocenters. The van der Waals surface area contributed by atoms with E-state index in [1.807, 2.05) is 54.6 Å². The largest absolute Gasteiger partial charge is 0.489 e. The van der Waals surface area contributed by atoms with Gasteiger partial charge in [-0.3, -0.25) is 4.68 Å². The molecule has 2 aromatic carbocycles. The first-order valence-corrected chi connectivity index (χ1v) is 14.8. The number of hydrogen-bond donors (Lipinski definition) is 1. The lowest BCUT2D eigenvalue weighted by Gasteiger charge is -2.21. The standard InChI is InChI=1S/C31H26Cl3N3O4/c1-37-26-11-16(7-9-19(26)29(35-37)31(38)39)20-13-21(20)18-10-8-17(12-25(18)34)40-14-22-28(36-41-30(22)15-5-6-15)27-23(32)3-2-4-24(27)33/h2-4,7-12,15,20-21,23,27H,5-6,13-14H2,1H3,(H,38,39). The van der Waals surface area contributed by atoms with Crippen LogP contribution < -0.4 is 4.74 Å². The molecule has 0 amide bonds. The minimum Gasteiger partial charge on any atom is -0.489 e. The van der Waals surface area contributed by atoms with Gasteiger partial charge in [0.2, 0.25) is 0 Å². The summed E-state index contributed by atoms with van der Waals surface area (Å²) in [6.45, 7) is 0.281. The van der Waals surface area contributed by atoms with E-state index in [1.54, 1.807) is 11.7 Å². The molecule has 3 aliphatic carbocycles. The number of carboxylic acid groups (broad SMARTS) is 1. The van der Waals surface area contributed by atoms with Gasteiger partial charge in [0.25, 0.3) is 0 Å². The van der Waals surface area contributed by atoms with Crippen molar-refractivity contribution in [1.82, 2.24) is 14.9 Å². The number of nitrogens with zero attached hydrogens (tertiary/aromatic N) is 3. The molecule has 2 aromatic heterocycles. The van der Waals surface area contributed by atoms with Gasteiger partial charge < -0.3 is 14.4 Å². The Kier molecular flexibility index (Phi) is 6.64. The van der Waals surface area contributed by atoms with E-state index in [0.29, 0.717) is 33.0 Å². The minimum atomic E-state index is -1.03. The molecule has 41 heavy (non-hydrogen) atoms. The zero-order valence-electron chi connectivity index (χ0n) is 22.1. The monoisotopic (exact) mass is 609 g/mol. The number of rotatable bonds is 8. The predicted molar refractivity (Wildman–Crippen MR) is 157 cm³/mol. The maximum absolute atomic E-state index is 11.5. The molecule has 3 aliphatic rings. The molecule has 2 heterocycles. The van der Waals surface area contributed by atoms with Crippen molar-refractivity contribution in [3.05, 3.63) is 98.5 Å². The molecular formula is C31H26Cl3N3O4. The highest BCUT2D eigenvalue weighted by Gasteiger charge is 2.41. The number of halogens is 3. The van der Waals surface area contributed by atoms with Crippen LogP contribution in [0.15, 0.2) is 64.2 Å². The Labute approximate surface area is 251 Å². The van der Waals surface area contributed by atoms with Gasteiger partial charge >= 0.3 is 5.97 Å². The number of ether oxygens (including phenoxy) is 1. The van der Waals surface area contributed by atoms with Crippen LogP contribution >= 0.6 is 34.8 Å². The summed E-state index contributed by atoms with van der Waals surface area (Å²) in [6.07, 6.45) is 8.70. The van der Waals surface area contributed by atoms with Crippen molar-refractivity contribution in [3.63, 3.8) is 0 Å². The summed E-state index contributed by atoms with van der Waals surface area (Å²) in [4.78, 5) is 11.5. The number of allylic oxidation sites excluding steroid dienone is 4. The Morgan fingerprint density at radius 2 is 2.00 bits per heavy atom. The quantitative estimate of drug-likeness (QED) is 0.203. The van der Waals surface area contributed by atoms with Gasteiger partial charge in [0.05, 0.1) is 22.4 Å². The van der Waals surface area contributed by atoms with Crippen molar-refractivity contribution < 1.29 is 19.2 Å². The third kappa shape index (κ3) is 4.84. The summed E-state index contributed by atoms with van der Waals surface area (Å²) in [7, 11) is 1.76. The molecule has 2 saturated carbocycles. The summed E-state index contributed by atoms with van der Waals surface area (Å²) in [5.74, 6) is 1.14. The van der Waals surface area contributed by atoms with Gasteiger partial charge in [-0.05, 0) is 66.5 Å². The topological polar surface area (TPSA) is 90.4 Å². The average Bonchev–Trinajstić information content (AvgIpc) is 3.87. The normalized spacial score (nSPS) is 23.6. The molecule has 2 fully saturated rings. The van der Waals surface area contributed by atoms with E-state index >= 15 is 0 Å². The fourth-order valence-corrected chi connectivity index (χ4v) is 6.94. The van der Waals surface area contributed by atoms with Gasteiger partial charge in [-0.25, -0.2) is 4.79 Å². The van der Waals surface area contributed by atoms with Gasteiger partial charge in [0.15, 0.2) is 5.69 Å². The van der Waals surface area contributed by atoms with Gasteiger partial charge in [-0.2, -0.15) is 5.10 Å². The smallest absolute Gasteiger partial charge is 0.357 e. The molecule has 0 radical (unpaired) electrons. The van der Waals surface area contributed by atoms with Crippen LogP contribution in [0.25, 0.3) is 10.9 Å². The average molecular weight is 611 g/mol. The molecule has 1 N–H and O–H groups in total. The lowest BCUT2D eigenvalue weighted by molar-refractivity contribution is 0.0691. The molecule has 7 rings (SSSR count). The number of aromatic nitrogens is 3. The zero-order chi connectivity index (χ0) is 28.4. The summed E-state index contributed by atoms with van der Waals surface area (Å²) in [5.41, 5.74) is 4.72. The highest BCUT2D eigenvalue weighted by molar-refractivity contribution is 6.32. The Balaban J connectivity index is 1.08. The molecular weight excluding hydrogens is 585 g/mol. The molecule has 0 spiro atoms. The molecule has 0 aliphatic heterocycles. The van der Waals surface area contributed by atoms with E-state index < -0.39 is 5.97 Å². The van der Waals surface area contributed by atoms with Crippen molar-refractivity contribution in [2.45, 2.75) is 54.9 Å². The predicted octanol–water partition coefficient (Wildman–Crippen LogP) is 8.02. The first kappa shape index (κ1) is 26.6. The van der Waals surface area contributed by atoms with Crippen LogP contribution in [0.5, 0.6) is 5.75 Å². The van der Waals surface area contributed by atoms with Crippen molar-refractivity contribution in [2.24, 2.45) is 7.05 Å². The number of fused-ring (bicyclic) bond motifs is 1. The van der Waals surface area contributed by atoms with E-state index in [9.17, 15) is 9.90 Å². The van der Waals surface area contributed by atoms with Gasteiger partial charge in [0, 0.05) is 28.4 Å². The molecule has 0 bridgehead atoms. The molecule has 4 aromatic rings. The number of aromatic carboxylic acids is 1. The summed E-state index contributed by atoms with van der Waals surface area (Å²) in [5, 5.41) is 19.6. The van der Waals surface area contributed by atoms with Gasteiger partial charge in [-0.15, -0.1) is 11.6 Å². The number of carbonyl (C=O) groups is 1. The summed E-state index contributed by atoms with van der Waals surface area (Å²) in [6, 6.07) is 11.7. The van der Waals surface area contributed by atoms with Crippen LogP contribution in [0, 0.1) is 0 Å². The Hall–Kier alpha value is -3.26. The van der Waals surface area contributed by atoms with E-state index in [-0.39, 0.29) is 29.5 Å². The Morgan fingerprint density at radius 1 is 1.17 bits per heavy atom. The molecule has 10 heteroatoms. The SMILES string of the molecule is Cn1nc(C(=O)O)c2ccc(C3CC3c3ccc(OCc4c(C5C(Cl)=CC=CC5Cl)noc4C4CC4)cc3Cl)cc21. The van der Waals surface area contributed by atoms with Crippen molar-refractivity contribution in [3.8, 4) is 5.75 Å². The fourth-order valence-electron chi connectivity index (χ4n) is 5.92. The number of carboxylic acids is 1. The van der Waals surface area contributed by atoms with Gasteiger partial charge in [0.1, 0.15) is 23.8 Å². The van der Waals surface area contributed by atoms with Crippen LogP contribution in [0.2, 0.25) is 5.02 Å². The van der Waals surface area contributed by atoms with E-state index in [0.717, 1.165) is 52.9 Å². The lowest BCUT2D eigenvalue weighted by Crippen LogP contribution is -2.16. The third-order valence-corrected chi connectivity index (χ3v) is 9.39. The van der Waals surface area contributed by atoms with Crippen LogP contribution in [0.4, 0.5) is 0 Å². The highest BCUT2D eigenvalue weighted by Crippen LogP contribution is 2.56. The van der Waals surface area contributed by atoms with Crippen LogP contribution in [-0.2, 0) is 13.7 Å². The van der Waals surface area contributed by atoms with E-state index in [1.165, 1.54) is 0 Å². The van der Waals surface area contributed by atoms with Crippen molar-refractivity contribution >= 4 is 51.7 Å². The summed E-state index contributed by atoms with van der Waals surface area (Å²) < 4.78 is 13.6. The van der Waals surface area contributed by atoms with E-state index in [4.69, 9.17) is 44.1 Å². The first-order chi connectivity index (χ1) is 19.8. The third-order valence-electron chi connectivity index (χ3n) is 8.31. The second kappa shape index (κ2) is 10.2. The molecule has 210 valence electrons. The Morgan fingerprint density at radius 3 is 2.73 bits per heavy atom. The van der Waals surface area contributed by atoms with Crippen LogP contribution in [-0.4, -0.2) is 31.4 Å². The molecule has 4 unspecified atom stereocenters. The maximum atomic E-state index is 11.5. The number of alkyl halides is 1. The molecule has 0 saturated heterocycles. The maximum Gasteiger partial charge on any atom is 0.357 e. The second-order valence-electron chi connectivity index (χ2n) is 11.0.